The Kier molecular flexibility index (Phi) is 7.85. The Morgan fingerprint density at radius 2 is 1.35 bits per heavy atom. The monoisotopic (exact) mass is 431 g/mol. The second-order valence-corrected chi connectivity index (χ2v) is 13.0. The summed E-state index contributed by atoms with van der Waals surface area (Å²) in [5, 5.41) is 2.56. The van der Waals surface area contributed by atoms with E-state index < -0.39 is 8.32 Å². The van der Waals surface area contributed by atoms with Crippen LogP contribution in [0.15, 0.2) is 97.1 Å². The van der Waals surface area contributed by atoms with Crippen molar-refractivity contribution in [3.05, 3.63) is 103 Å². The summed E-state index contributed by atoms with van der Waals surface area (Å²) in [4.78, 5) is 0. The van der Waals surface area contributed by atoms with Gasteiger partial charge in [-0.15, -0.1) is 0 Å². The first-order chi connectivity index (χ1) is 14.9. The predicted molar refractivity (Wildman–Crippen MR) is 133 cm³/mol. The third-order valence-electron chi connectivity index (χ3n) is 5.41. The van der Waals surface area contributed by atoms with Crippen LogP contribution in [0.3, 0.4) is 0 Å². The van der Waals surface area contributed by atoms with Crippen molar-refractivity contribution in [1.82, 2.24) is 0 Å². The second-order valence-electron chi connectivity index (χ2n) is 8.71. The normalized spacial score (nSPS) is 12.4. The van der Waals surface area contributed by atoms with Gasteiger partial charge in [-0.05, 0) is 33.1 Å². The van der Waals surface area contributed by atoms with Gasteiger partial charge in [-0.3, -0.25) is 0 Å². The topological polar surface area (TPSA) is 44.5 Å². The van der Waals surface area contributed by atoms with Crippen LogP contribution >= 0.6 is 0 Å². The SMILES string of the molecule is CC(C)(C)[Si](OC/C=C\COCc1cccc(N)c1)(c1ccccc1)c1ccccc1. The number of hydrogen-bond donors (Lipinski definition) is 1. The molecule has 0 radical (unpaired) electrons. The molecule has 2 N–H and O–H groups in total. The molecule has 0 unspecified atom stereocenters. The van der Waals surface area contributed by atoms with Gasteiger partial charge < -0.3 is 14.9 Å². The Morgan fingerprint density at radius 1 is 0.774 bits per heavy atom. The highest BCUT2D eigenvalue weighted by molar-refractivity contribution is 6.99. The van der Waals surface area contributed by atoms with E-state index in [9.17, 15) is 0 Å². The molecule has 0 saturated heterocycles. The van der Waals surface area contributed by atoms with Gasteiger partial charge in [0, 0.05) is 5.69 Å². The third-order valence-corrected chi connectivity index (χ3v) is 10.4. The van der Waals surface area contributed by atoms with Gasteiger partial charge in [-0.1, -0.05) is 106 Å². The maximum Gasteiger partial charge on any atom is 0.261 e. The van der Waals surface area contributed by atoms with Crippen LogP contribution in [-0.2, 0) is 15.8 Å². The minimum atomic E-state index is -2.48. The summed E-state index contributed by atoms with van der Waals surface area (Å²) in [6.07, 6.45) is 4.10. The summed E-state index contributed by atoms with van der Waals surface area (Å²) in [5.41, 5.74) is 7.66. The Balaban J connectivity index is 1.70. The van der Waals surface area contributed by atoms with Crippen molar-refractivity contribution < 1.29 is 9.16 Å². The zero-order valence-electron chi connectivity index (χ0n) is 18.8. The lowest BCUT2D eigenvalue weighted by atomic mass is 10.2. The zero-order chi connectivity index (χ0) is 22.2. The summed E-state index contributed by atoms with van der Waals surface area (Å²) < 4.78 is 12.6. The van der Waals surface area contributed by atoms with E-state index in [1.165, 1.54) is 10.4 Å². The van der Waals surface area contributed by atoms with E-state index in [2.05, 4.69) is 87.5 Å². The van der Waals surface area contributed by atoms with Crippen molar-refractivity contribution in [1.29, 1.82) is 0 Å². The van der Waals surface area contributed by atoms with Gasteiger partial charge in [0.2, 0.25) is 0 Å². The molecule has 0 saturated carbocycles. The summed E-state index contributed by atoms with van der Waals surface area (Å²) in [6.45, 7) is 8.51. The molecule has 0 atom stereocenters. The number of rotatable bonds is 9. The first kappa shape index (κ1) is 23.0. The fourth-order valence-electron chi connectivity index (χ4n) is 4.00. The summed E-state index contributed by atoms with van der Waals surface area (Å²) >= 11 is 0. The summed E-state index contributed by atoms with van der Waals surface area (Å²) in [5.74, 6) is 0. The highest BCUT2D eigenvalue weighted by atomic mass is 28.4. The van der Waals surface area contributed by atoms with Crippen molar-refractivity contribution in [3.8, 4) is 0 Å². The fraction of sp³-hybridized carbons (Fsp3) is 0.259. The maximum absolute atomic E-state index is 6.83. The average molecular weight is 432 g/mol. The minimum absolute atomic E-state index is 0.0205. The smallest absolute Gasteiger partial charge is 0.261 e. The molecule has 0 aliphatic carbocycles. The van der Waals surface area contributed by atoms with Gasteiger partial charge in [-0.2, -0.15) is 0 Å². The molecular weight excluding hydrogens is 398 g/mol. The Bertz CT molecular complexity index is 926. The highest BCUT2D eigenvalue weighted by Crippen LogP contribution is 2.36. The Morgan fingerprint density at radius 3 is 1.90 bits per heavy atom. The summed E-state index contributed by atoms with van der Waals surface area (Å²) in [7, 11) is -2.48. The van der Waals surface area contributed by atoms with Gasteiger partial charge in [0.25, 0.3) is 8.32 Å². The van der Waals surface area contributed by atoms with Crippen LogP contribution < -0.4 is 16.1 Å². The van der Waals surface area contributed by atoms with E-state index in [0.29, 0.717) is 19.8 Å². The maximum atomic E-state index is 6.83. The molecule has 3 aromatic carbocycles. The molecule has 0 fully saturated rings. The van der Waals surface area contributed by atoms with E-state index in [-0.39, 0.29) is 5.04 Å². The first-order valence-electron chi connectivity index (χ1n) is 10.8. The lowest BCUT2D eigenvalue weighted by Gasteiger charge is -2.42. The van der Waals surface area contributed by atoms with Crippen LogP contribution in [0.25, 0.3) is 0 Å². The van der Waals surface area contributed by atoms with Crippen molar-refractivity contribution in [2.75, 3.05) is 18.9 Å². The highest BCUT2D eigenvalue weighted by Gasteiger charge is 2.49. The molecular formula is C27H33NO2Si. The van der Waals surface area contributed by atoms with Crippen LogP contribution in [0.2, 0.25) is 5.04 Å². The van der Waals surface area contributed by atoms with E-state index in [1.807, 2.05) is 30.3 Å². The molecule has 0 aromatic heterocycles. The molecule has 4 heteroatoms. The van der Waals surface area contributed by atoms with Crippen LogP contribution in [0.1, 0.15) is 26.3 Å². The lowest BCUT2D eigenvalue weighted by Crippen LogP contribution is -2.66. The van der Waals surface area contributed by atoms with Gasteiger partial charge in [0.05, 0.1) is 19.8 Å². The van der Waals surface area contributed by atoms with E-state index in [4.69, 9.17) is 14.9 Å². The van der Waals surface area contributed by atoms with Crippen molar-refractivity contribution in [2.45, 2.75) is 32.4 Å². The molecule has 162 valence electrons. The van der Waals surface area contributed by atoms with Crippen LogP contribution in [0, 0.1) is 0 Å². The molecule has 3 nitrogen and oxygen atoms in total. The number of ether oxygens (including phenoxy) is 1. The Hall–Kier alpha value is -2.66. The molecule has 3 aromatic rings. The molecule has 31 heavy (non-hydrogen) atoms. The second kappa shape index (κ2) is 10.6. The summed E-state index contributed by atoms with van der Waals surface area (Å²) in [6, 6.07) is 29.2. The fourth-order valence-corrected chi connectivity index (χ4v) is 8.50. The molecule has 0 bridgehead atoms. The lowest BCUT2D eigenvalue weighted by molar-refractivity contribution is 0.148. The number of hydrogen-bond acceptors (Lipinski definition) is 3. The third kappa shape index (κ3) is 5.73. The molecule has 3 rings (SSSR count). The van der Waals surface area contributed by atoms with Gasteiger partial charge in [0.15, 0.2) is 0 Å². The van der Waals surface area contributed by atoms with Crippen LogP contribution in [0.4, 0.5) is 5.69 Å². The average Bonchev–Trinajstić information content (AvgIpc) is 2.76. The number of benzene rings is 3. The predicted octanol–water partition coefficient (Wildman–Crippen LogP) is 4.92. The molecule has 0 aliphatic rings. The van der Waals surface area contributed by atoms with Gasteiger partial charge >= 0.3 is 0 Å². The first-order valence-corrected chi connectivity index (χ1v) is 12.7. The number of nitrogen functional groups attached to an aromatic ring is 1. The number of nitrogens with two attached hydrogens (primary N) is 1. The van der Waals surface area contributed by atoms with Gasteiger partial charge in [0.1, 0.15) is 0 Å². The van der Waals surface area contributed by atoms with Crippen molar-refractivity contribution in [3.63, 3.8) is 0 Å². The minimum Gasteiger partial charge on any atom is -0.404 e. The molecule has 0 heterocycles. The number of anilines is 1. The van der Waals surface area contributed by atoms with Crippen LogP contribution in [0.5, 0.6) is 0 Å². The van der Waals surface area contributed by atoms with Crippen LogP contribution in [-0.4, -0.2) is 21.5 Å². The largest absolute Gasteiger partial charge is 0.404 e. The standard InChI is InChI=1S/C27H33NO2Si/c1-27(2,3)31(25-15-6-4-7-16-25,26-17-8-5-9-18-26)30-20-11-10-19-29-22-23-13-12-14-24(28)21-23/h4-18,21H,19-20,22,28H2,1-3H3/b11-10-. The van der Waals surface area contributed by atoms with E-state index in [1.54, 1.807) is 0 Å². The molecule has 0 amide bonds. The van der Waals surface area contributed by atoms with Gasteiger partial charge in [-0.25, -0.2) is 0 Å². The Labute approximate surface area is 187 Å². The quantitative estimate of drug-likeness (QED) is 0.226. The molecule has 0 spiro atoms. The van der Waals surface area contributed by atoms with E-state index in [0.717, 1.165) is 11.3 Å². The zero-order valence-corrected chi connectivity index (χ0v) is 19.8. The van der Waals surface area contributed by atoms with Crippen molar-refractivity contribution >= 4 is 24.4 Å². The molecule has 0 aliphatic heterocycles. The van der Waals surface area contributed by atoms with Crippen molar-refractivity contribution in [2.24, 2.45) is 0 Å². The van der Waals surface area contributed by atoms with E-state index >= 15 is 0 Å².